The molecule has 0 fully saturated rings. The van der Waals surface area contributed by atoms with Crippen LogP contribution in [0.1, 0.15) is 20.8 Å². The molecule has 4 nitrogen and oxygen atoms in total. The van der Waals surface area contributed by atoms with Crippen LogP contribution in [0.5, 0.6) is 0 Å². The van der Waals surface area contributed by atoms with Gasteiger partial charge in [-0.2, -0.15) is 5.26 Å². The van der Waals surface area contributed by atoms with Crippen molar-refractivity contribution in [3.05, 3.63) is 0 Å². The van der Waals surface area contributed by atoms with Crippen LogP contribution in [0.4, 0.5) is 0 Å². The van der Waals surface area contributed by atoms with Crippen LogP contribution in [0.3, 0.4) is 0 Å². The summed E-state index contributed by atoms with van der Waals surface area (Å²) in [7, 11) is 4.11. The molecule has 0 saturated carbocycles. The van der Waals surface area contributed by atoms with Gasteiger partial charge in [0.1, 0.15) is 5.54 Å². The molecule has 0 saturated heterocycles. The molecular weight excluding hydrogens is 200 g/mol. The molecule has 0 aromatic rings. The minimum atomic E-state index is -0.749. The second kappa shape index (κ2) is 6.85. The van der Waals surface area contributed by atoms with Crippen molar-refractivity contribution in [3.63, 3.8) is 0 Å². The molecule has 0 spiro atoms. The third-order valence-electron chi connectivity index (χ3n) is 2.29. The number of hydrogen-bond donors (Lipinski definition) is 1. The summed E-state index contributed by atoms with van der Waals surface area (Å²) in [5.74, 6) is 0.594. The summed E-state index contributed by atoms with van der Waals surface area (Å²) in [5.41, 5.74) is 5.13. The van der Waals surface area contributed by atoms with E-state index in [0.29, 0.717) is 12.5 Å². The summed E-state index contributed by atoms with van der Waals surface area (Å²) in [5, 5.41) is 8.94. The molecule has 94 valence electrons. The van der Waals surface area contributed by atoms with Crippen molar-refractivity contribution in [3.8, 4) is 6.07 Å². The summed E-state index contributed by atoms with van der Waals surface area (Å²) in [4.78, 5) is 4.42. The largest absolute Gasteiger partial charge is 0.313 e. The van der Waals surface area contributed by atoms with Crippen molar-refractivity contribution in [2.24, 2.45) is 11.7 Å². The van der Waals surface area contributed by atoms with Crippen LogP contribution in [0.25, 0.3) is 0 Å². The Morgan fingerprint density at radius 1 is 1.31 bits per heavy atom. The lowest BCUT2D eigenvalue weighted by atomic mass is 10.0. The smallest absolute Gasteiger partial charge is 0.114 e. The van der Waals surface area contributed by atoms with Crippen LogP contribution in [-0.2, 0) is 0 Å². The monoisotopic (exact) mass is 226 g/mol. The van der Waals surface area contributed by atoms with Gasteiger partial charge in [-0.1, -0.05) is 13.8 Å². The highest BCUT2D eigenvalue weighted by Crippen LogP contribution is 2.05. The quantitative estimate of drug-likeness (QED) is 0.696. The van der Waals surface area contributed by atoms with Crippen molar-refractivity contribution >= 4 is 0 Å². The average Bonchev–Trinajstić information content (AvgIpc) is 2.13. The molecule has 0 aliphatic heterocycles. The minimum Gasteiger partial charge on any atom is -0.313 e. The Morgan fingerprint density at radius 2 is 1.88 bits per heavy atom. The molecule has 0 heterocycles. The maximum Gasteiger partial charge on any atom is 0.114 e. The molecule has 2 N–H and O–H groups in total. The van der Waals surface area contributed by atoms with Crippen LogP contribution in [0.2, 0.25) is 0 Å². The molecule has 1 unspecified atom stereocenters. The van der Waals surface area contributed by atoms with Gasteiger partial charge in [0.15, 0.2) is 0 Å². The Kier molecular flexibility index (Phi) is 6.58. The third kappa shape index (κ3) is 7.63. The van der Waals surface area contributed by atoms with E-state index in [0.717, 1.165) is 19.6 Å². The van der Waals surface area contributed by atoms with E-state index in [2.05, 4.69) is 43.8 Å². The van der Waals surface area contributed by atoms with E-state index in [4.69, 9.17) is 11.0 Å². The number of hydrogen-bond acceptors (Lipinski definition) is 4. The molecule has 4 heteroatoms. The van der Waals surface area contributed by atoms with E-state index in [1.807, 2.05) is 0 Å². The predicted molar refractivity (Wildman–Crippen MR) is 68.0 cm³/mol. The molecule has 0 radical (unpaired) electrons. The molecule has 0 aliphatic carbocycles. The van der Waals surface area contributed by atoms with Crippen molar-refractivity contribution in [2.45, 2.75) is 26.3 Å². The highest BCUT2D eigenvalue weighted by molar-refractivity contribution is 5.03. The first kappa shape index (κ1) is 15.4. The Balaban J connectivity index is 4.27. The number of likely N-dealkylation sites (N-methyl/N-ethyl adjacent to an activating group) is 1. The normalized spacial score (nSPS) is 15.5. The zero-order chi connectivity index (χ0) is 12.8. The fraction of sp³-hybridized carbons (Fsp3) is 0.917. The van der Waals surface area contributed by atoms with Gasteiger partial charge in [0.05, 0.1) is 6.07 Å². The maximum atomic E-state index is 8.94. The van der Waals surface area contributed by atoms with Gasteiger partial charge in [-0.15, -0.1) is 0 Å². The third-order valence-corrected chi connectivity index (χ3v) is 2.29. The van der Waals surface area contributed by atoms with E-state index < -0.39 is 5.54 Å². The van der Waals surface area contributed by atoms with Crippen molar-refractivity contribution in [1.82, 2.24) is 9.80 Å². The summed E-state index contributed by atoms with van der Waals surface area (Å²) in [6.45, 7) is 9.73. The lowest BCUT2D eigenvalue weighted by Crippen LogP contribution is -2.49. The summed E-state index contributed by atoms with van der Waals surface area (Å²) >= 11 is 0. The first-order valence-corrected chi connectivity index (χ1v) is 5.84. The van der Waals surface area contributed by atoms with Crippen molar-refractivity contribution < 1.29 is 0 Å². The van der Waals surface area contributed by atoms with Gasteiger partial charge in [0, 0.05) is 26.2 Å². The zero-order valence-electron chi connectivity index (χ0n) is 11.3. The summed E-state index contributed by atoms with van der Waals surface area (Å²) in [6, 6.07) is 2.16. The maximum absolute atomic E-state index is 8.94. The summed E-state index contributed by atoms with van der Waals surface area (Å²) in [6.07, 6.45) is 0. The van der Waals surface area contributed by atoms with Gasteiger partial charge < -0.3 is 10.6 Å². The first-order chi connectivity index (χ1) is 7.26. The highest BCUT2D eigenvalue weighted by Gasteiger charge is 2.22. The van der Waals surface area contributed by atoms with Crippen LogP contribution in [-0.4, -0.2) is 55.6 Å². The second-order valence-corrected chi connectivity index (χ2v) is 5.46. The fourth-order valence-electron chi connectivity index (χ4n) is 1.59. The lowest BCUT2D eigenvalue weighted by Gasteiger charge is -2.30. The molecule has 0 aromatic heterocycles. The standard InChI is InChI=1S/C12H26N4/c1-11(2)8-16(7-6-15(4)5)10-12(3,14)9-13/h11H,6-8,10,14H2,1-5H3. The van der Waals surface area contributed by atoms with Gasteiger partial charge in [0.25, 0.3) is 0 Å². The molecule has 0 aromatic carbocycles. The van der Waals surface area contributed by atoms with E-state index >= 15 is 0 Å². The molecule has 0 aliphatic rings. The van der Waals surface area contributed by atoms with E-state index in [1.54, 1.807) is 6.92 Å². The van der Waals surface area contributed by atoms with E-state index in [-0.39, 0.29) is 0 Å². The second-order valence-electron chi connectivity index (χ2n) is 5.46. The van der Waals surface area contributed by atoms with Gasteiger partial charge >= 0.3 is 0 Å². The Morgan fingerprint density at radius 3 is 2.25 bits per heavy atom. The zero-order valence-corrected chi connectivity index (χ0v) is 11.3. The van der Waals surface area contributed by atoms with Crippen LogP contribution in [0.15, 0.2) is 0 Å². The predicted octanol–water partition coefficient (Wildman–Crippen LogP) is 0.747. The number of nitrogens with two attached hydrogens (primary N) is 1. The van der Waals surface area contributed by atoms with E-state index in [1.165, 1.54) is 0 Å². The van der Waals surface area contributed by atoms with Gasteiger partial charge in [0.2, 0.25) is 0 Å². The van der Waals surface area contributed by atoms with Crippen LogP contribution in [0, 0.1) is 17.2 Å². The van der Waals surface area contributed by atoms with Crippen LogP contribution < -0.4 is 5.73 Å². The number of nitrogens with zero attached hydrogens (tertiary/aromatic N) is 3. The SMILES string of the molecule is CC(C)CN(CCN(C)C)CC(C)(N)C#N. The van der Waals surface area contributed by atoms with E-state index in [9.17, 15) is 0 Å². The molecule has 16 heavy (non-hydrogen) atoms. The van der Waals surface area contributed by atoms with Crippen molar-refractivity contribution in [2.75, 3.05) is 40.3 Å². The lowest BCUT2D eigenvalue weighted by molar-refractivity contribution is 0.197. The Hall–Kier alpha value is -0.630. The highest BCUT2D eigenvalue weighted by atomic mass is 15.2. The summed E-state index contributed by atoms with van der Waals surface area (Å²) < 4.78 is 0. The number of nitriles is 1. The van der Waals surface area contributed by atoms with Crippen molar-refractivity contribution in [1.29, 1.82) is 5.26 Å². The van der Waals surface area contributed by atoms with Gasteiger partial charge in [-0.25, -0.2) is 0 Å². The van der Waals surface area contributed by atoms with Crippen LogP contribution >= 0.6 is 0 Å². The fourth-order valence-corrected chi connectivity index (χ4v) is 1.59. The van der Waals surface area contributed by atoms with Gasteiger partial charge in [-0.05, 0) is 26.9 Å². The average molecular weight is 226 g/mol. The van der Waals surface area contributed by atoms with Gasteiger partial charge in [-0.3, -0.25) is 4.90 Å². The topological polar surface area (TPSA) is 56.3 Å². The molecule has 0 amide bonds. The molecule has 1 atom stereocenters. The number of rotatable bonds is 7. The minimum absolute atomic E-state index is 0.594. The molecule has 0 bridgehead atoms. The Labute approximate surface area is 100 Å². The Bertz CT molecular complexity index is 228. The molecular formula is C12H26N4. The first-order valence-electron chi connectivity index (χ1n) is 5.84. The molecule has 0 rings (SSSR count).